The summed E-state index contributed by atoms with van der Waals surface area (Å²) in [5.74, 6) is 1.63. The van der Waals surface area contributed by atoms with Crippen molar-refractivity contribution in [1.29, 1.82) is 0 Å². The molecule has 0 saturated carbocycles. The SMILES string of the molecule is CC[C@@H](C)N(C(=O)CSc1n[nH]c(-c2cc(Cl)ccc2OC)n1)[C@H](C)CC. The Balaban J connectivity index is 2.10. The van der Waals surface area contributed by atoms with Gasteiger partial charge < -0.3 is 9.64 Å². The highest BCUT2D eigenvalue weighted by Crippen LogP contribution is 2.31. The molecule has 2 rings (SSSR count). The van der Waals surface area contributed by atoms with Crippen molar-refractivity contribution in [2.24, 2.45) is 0 Å². The third-order valence-corrected chi connectivity index (χ3v) is 5.69. The third-order valence-electron chi connectivity index (χ3n) is 4.63. The molecule has 0 aliphatic carbocycles. The molecular formula is C19H27ClN4O2S. The first kappa shape index (κ1) is 21.6. The van der Waals surface area contributed by atoms with Crippen LogP contribution in [0, 0.1) is 0 Å². The summed E-state index contributed by atoms with van der Waals surface area (Å²) in [5, 5.41) is 8.22. The maximum atomic E-state index is 12.7. The number of carbonyl (C=O) groups excluding carboxylic acids is 1. The number of benzene rings is 1. The van der Waals surface area contributed by atoms with E-state index in [1.54, 1.807) is 25.3 Å². The lowest BCUT2D eigenvalue weighted by Crippen LogP contribution is -2.45. The van der Waals surface area contributed by atoms with Gasteiger partial charge in [0.2, 0.25) is 11.1 Å². The Morgan fingerprint density at radius 1 is 1.30 bits per heavy atom. The van der Waals surface area contributed by atoms with Crippen LogP contribution in [0.3, 0.4) is 0 Å². The Bertz CT molecular complexity index is 758. The molecule has 1 amide bonds. The van der Waals surface area contributed by atoms with Crippen molar-refractivity contribution >= 4 is 29.3 Å². The fourth-order valence-corrected chi connectivity index (χ4v) is 3.66. The van der Waals surface area contributed by atoms with Crippen LogP contribution in [-0.2, 0) is 4.79 Å². The second-order valence-electron chi connectivity index (χ2n) is 6.42. The van der Waals surface area contributed by atoms with Gasteiger partial charge in [-0.25, -0.2) is 4.98 Å². The molecular weight excluding hydrogens is 384 g/mol. The monoisotopic (exact) mass is 410 g/mol. The predicted molar refractivity (Wildman–Crippen MR) is 110 cm³/mol. The molecule has 0 saturated heterocycles. The normalized spacial score (nSPS) is 13.3. The van der Waals surface area contributed by atoms with Gasteiger partial charge in [-0.2, -0.15) is 0 Å². The van der Waals surface area contributed by atoms with Gasteiger partial charge in [-0.3, -0.25) is 9.89 Å². The molecule has 1 aromatic carbocycles. The van der Waals surface area contributed by atoms with Crippen LogP contribution in [0.5, 0.6) is 5.75 Å². The first-order valence-electron chi connectivity index (χ1n) is 9.11. The number of methoxy groups -OCH3 is 1. The van der Waals surface area contributed by atoms with Crippen molar-refractivity contribution in [2.75, 3.05) is 12.9 Å². The number of aromatic nitrogens is 3. The molecule has 1 heterocycles. The van der Waals surface area contributed by atoms with E-state index in [1.165, 1.54) is 11.8 Å². The molecule has 0 bridgehead atoms. The molecule has 6 nitrogen and oxygen atoms in total. The molecule has 0 spiro atoms. The van der Waals surface area contributed by atoms with Gasteiger partial charge in [0.1, 0.15) is 5.75 Å². The number of nitrogens with zero attached hydrogens (tertiary/aromatic N) is 3. The summed E-state index contributed by atoms with van der Waals surface area (Å²) < 4.78 is 5.36. The van der Waals surface area contributed by atoms with Crippen LogP contribution in [0.25, 0.3) is 11.4 Å². The third kappa shape index (κ3) is 5.39. The van der Waals surface area contributed by atoms with E-state index in [2.05, 4.69) is 42.9 Å². The highest BCUT2D eigenvalue weighted by molar-refractivity contribution is 7.99. The summed E-state index contributed by atoms with van der Waals surface area (Å²) in [6.07, 6.45) is 1.86. The van der Waals surface area contributed by atoms with Crippen LogP contribution in [0.2, 0.25) is 5.02 Å². The van der Waals surface area contributed by atoms with Crippen molar-refractivity contribution < 1.29 is 9.53 Å². The van der Waals surface area contributed by atoms with Crippen molar-refractivity contribution in [3.05, 3.63) is 23.2 Å². The highest BCUT2D eigenvalue weighted by Gasteiger charge is 2.24. The minimum atomic E-state index is 0.107. The van der Waals surface area contributed by atoms with Gasteiger partial charge in [-0.05, 0) is 44.9 Å². The van der Waals surface area contributed by atoms with E-state index in [4.69, 9.17) is 16.3 Å². The Morgan fingerprint density at radius 2 is 1.96 bits per heavy atom. The molecule has 148 valence electrons. The number of nitrogens with one attached hydrogen (secondary N) is 1. The van der Waals surface area contributed by atoms with Crippen molar-refractivity contribution in [3.8, 4) is 17.1 Å². The maximum Gasteiger partial charge on any atom is 0.233 e. The van der Waals surface area contributed by atoms with Crippen LogP contribution in [0.15, 0.2) is 23.4 Å². The van der Waals surface area contributed by atoms with E-state index >= 15 is 0 Å². The van der Waals surface area contributed by atoms with E-state index in [0.717, 1.165) is 18.4 Å². The lowest BCUT2D eigenvalue weighted by molar-refractivity contribution is -0.132. The molecule has 0 fully saturated rings. The molecule has 2 aromatic rings. The summed E-state index contributed by atoms with van der Waals surface area (Å²) >= 11 is 7.41. The number of hydrogen-bond donors (Lipinski definition) is 1. The summed E-state index contributed by atoms with van der Waals surface area (Å²) in [4.78, 5) is 19.2. The summed E-state index contributed by atoms with van der Waals surface area (Å²) in [7, 11) is 1.59. The second-order valence-corrected chi connectivity index (χ2v) is 7.79. The zero-order chi connectivity index (χ0) is 20.0. The van der Waals surface area contributed by atoms with Gasteiger partial charge in [0, 0.05) is 17.1 Å². The minimum Gasteiger partial charge on any atom is -0.496 e. The van der Waals surface area contributed by atoms with Crippen LogP contribution in [0.4, 0.5) is 0 Å². The first-order chi connectivity index (χ1) is 12.9. The molecule has 0 radical (unpaired) electrons. The van der Waals surface area contributed by atoms with Gasteiger partial charge in [0.15, 0.2) is 5.82 Å². The summed E-state index contributed by atoms with van der Waals surface area (Å²) in [6, 6.07) is 5.74. The lowest BCUT2D eigenvalue weighted by Gasteiger charge is -2.33. The highest BCUT2D eigenvalue weighted by atomic mass is 35.5. The second kappa shape index (κ2) is 9.99. The number of H-pyrrole nitrogens is 1. The zero-order valence-corrected chi connectivity index (χ0v) is 18.0. The van der Waals surface area contributed by atoms with Gasteiger partial charge in [-0.15, -0.1) is 5.10 Å². The van der Waals surface area contributed by atoms with Crippen molar-refractivity contribution in [1.82, 2.24) is 20.1 Å². The predicted octanol–water partition coefficient (Wildman–Crippen LogP) is 4.65. The minimum absolute atomic E-state index is 0.107. The molecule has 0 aliphatic heterocycles. The fourth-order valence-electron chi connectivity index (χ4n) is 2.82. The van der Waals surface area contributed by atoms with Crippen LogP contribution < -0.4 is 4.74 Å². The van der Waals surface area contributed by atoms with E-state index in [0.29, 0.717) is 27.5 Å². The number of halogens is 1. The van der Waals surface area contributed by atoms with E-state index in [1.807, 2.05) is 4.90 Å². The van der Waals surface area contributed by atoms with Crippen LogP contribution in [-0.4, -0.2) is 50.9 Å². The molecule has 0 unspecified atom stereocenters. The Kier molecular flexibility index (Phi) is 7.98. The number of aromatic amines is 1. The Labute approximate surface area is 170 Å². The number of carbonyl (C=O) groups is 1. The average Bonchev–Trinajstić information content (AvgIpc) is 3.15. The summed E-state index contributed by atoms with van der Waals surface area (Å²) in [5.41, 5.74) is 0.733. The molecule has 1 N–H and O–H groups in total. The van der Waals surface area contributed by atoms with E-state index < -0.39 is 0 Å². The number of hydrogen-bond acceptors (Lipinski definition) is 5. The standard InChI is InChI=1S/C19H27ClN4O2S/c1-6-12(3)24(13(4)7-2)17(25)11-27-19-21-18(22-23-19)15-10-14(20)8-9-16(15)26-5/h8-10,12-13H,6-7,11H2,1-5H3,(H,21,22,23)/t12-,13-/m1/s1. The van der Waals surface area contributed by atoms with E-state index in [9.17, 15) is 4.79 Å². The first-order valence-corrected chi connectivity index (χ1v) is 10.5. The largest absolute Gasteiger partial charge is 0.496 e. The van der Waals surface area contributed by atoms with E-state index in [-0.39, 0.29) is 18.0 Å². The average molecular weight is 411 g/mol. The lowest BCUT2D eigenvalue weighted by atomic mass is 10.1. The van der Waals surface area contributed by atoms with Gasteiger partial charge in [0.05, 0.1) is 18.4 Å². The molecule has 0 aliphatic rings. The summed E-state index contributed by atoms with van der Waals surface area (Å²) in [6.45, 7) is 8.37. The number of ether oxygens (including phenoxy) is 1. The van der Waals surface area contributed by atoms with Crippen molar-refractivity contribution in [2.45, 2.75) is 57.8 Å². The molecule has 2 atom stereocenters. The topological polar surface area (TPSA) is 71.1 Å². The number of rotatable bonds is 9. The van der Waals surface area contributed by atoms with Crippen LogP contribution >= 0.6 is 23.4 Å². The maximum absolute atomic E-state index is 12.7. The van der Waals surface area contributed by atoms with Gasteiger partial charge in [0.25, 0.3) is 0 Å². The molecule has 27 heavy (non-hydrogen) atoms. The van der Waals surface area contributed by atoms with Gasteiger partial charge >= 0.3 is 0 Å². The molecule has 1 aromatic heterocycles. The van der Waals surface area contributed by atoms with Crippen molar-refractivity contribution in [3.63, 3.8) is 0 Å². The Hall–Kier alpha value is -1.73. The molecule has 8 heteroatoms. The Morgan fingerprint density at radius 3 is 2.56 bits per heavy atom. The zero-order valence-electron chi connectivity index (χ0n) is 16.5. The number of thioether (sulfide) groups is 1. The fraction of sp³-hybridized carbons (Fsp3) is 0.526. The van der Waals surface area contributed by atoms with Gasteiger partial charge in [-0.1, -0.05) is 37.2 Å². The van der Waals surface area contributed by atoms with Crippen LogP contribution in [0.1, 0.15) is 40.5 Å². The smallest absolute Gasteiger partial charge is 0.233 e. The quantitative estimate of drug-likeness (QED) is 0.609. The number of amides is 1.